The Balaban J connectivity index is 0.000000160. The van der Waals surface area contributed by atoms with E-state index in [1.165, 1.54) is 11.6 Å². The van der Waals surface area contributed by atoms with Crippen molar-refractivity contribution in [3.05, 3.63) is 36.4 Å². The number of aryl methyl sites for hydroxylation is 4. The molecular formula is C12H22N4+2. The van der Waals surface area contributed by atoms with E-state index in [0.717, 1.165) is 0 Å². The number of rotatable bonds is 0. The van der Waals surface area contributed by atoms with Crippen LogP contribution in [-0.4, -0.2) is 9.13 Å². The highest BCUT2D eigenvalue weighted by molar-refractivity contribution is 4.76. The molecule has 0 fully saturated rings. The van der Waals surface area contributed by atoms with Crippen LogP contribution < -0.4 is 9.13 Å². The van der Waals surface area contributed by atoms with Crippen molar-refractivity contribution in [2.75, 3.05) is 0 Å². The van der Waals surface area contributed by atoms with Gasteiger partial charge in [0.25, 0.3) is 11.6 Å². The van der Waals surface area contributed by atoms with Crippen LogP contribution in [0.4, 0.5) is 0 Å². The van der Waals surface area contributed by atoms with Crippen LogP contribution in [0, 0.1) is 13.8 Å². The van der Waals surface area contributed by atoms with Gasteiger partial charge in [0.05, 0.1) is 28.2 Å². The van der Waals surface area contributed by atoms with Gasteiger partial charge in [-0.1, -0.05) is 0 Å². The zero-order valence-corrected chi connectivity index (χ0v) is 11.1. The fraction of sp³-hybridized carbons (Fsp3) is 0.500. The van der Waals surface area contributed by atoms with Crippen molar-refractivity contribution in [2.45, 2.75) is 13.8 Å². The van der Waals surface area contributed by atoms with E-state index >= 15 is 0 Å². The van der Waals surface area contributed by atoms with Crippen molar-refractivity contribution in [3.8, 4) is 0 Å². The monoisotopic (exact) mass is 222 g/mol. The first-order valence-corrected chi connectivity index (χ1v) is 5.38. The summed E-state index contributed by atoms with van der Waals surface area (Å²) in [4.78, 5) is 0. The highest BCUT2D eigenvalue weighted by Crippen LogP contribution is 1.84. The summed E-state index contributed by atoms with van der Waals surface area (Å²) in [5.41, 5.74) is 0. The molecule has 0 aliphatic rings. The summed E-state index contributed by atoms with van der Waals surface area (Å²) < 4.78 is 8.33. The lowest BCUT2D eigenvalue weighted by Gasteiger charge is -1.84. The molecule has 0 unspecified atom stereocenters. The Labute approximate surface area is 97.4 Å². The average molecular weight is 222 g/mol. The summed E-state index contributed by atoms with van der Waals surface area (Å²) in [7, 11) is 8.15. The van der Waals surface area contributed by atoms with E-state index in [0.29, 0.717) is 0 Å². The van der Waals surface area contributed by atoms with Crippen molar-refractivity contribution >= 4 is 0 Å². The molecule has 0 aromatic carbocycles. The maximum Gasteiger partial charge on any atom is 0.252 e. The second-order valence-electron chi connectivity index (χ2n) is 4.13. The number of imidazole rings is 2. The molecular weight excluding hydrogens is 200 g/mol. The molecule has 2 heterocycles. The van der Waals surface area contributed by atoms with Crippen molar-refractivity contribution in [1.29, 1.82) is 0 Å². The van der Waals surface area contributed by atoms with Gasteiger partial charge in [-0.05, 0) is 0 Å². The van der Waals surface area contributed by atoms with E-state index in [4.69, 9.17) is 0 Å². The Morgan fingerprint density at radius 1 is 0.812 bits per heavy atom. The third kappa shape index (κ3) is 2.72. The van der Waals surface area contributed by atoms with Gasteiger partial charge in [-0.3, -0.25) is 0 Å². The molecule has 0 aliphatic heterocycles. The lowest BCUT2D eigenvalue weighted by Crippen LogP contribution is -2.29. The normalized spacial score (nSPS) is 9.88. The van der Waals surface area contributed by atoms with Crippen molar-refractivity contribution in [3.63, 3.8) is 0 Å². The van der Waals surface area contributed by atoms with Crippen molar-refractivity contribution < 1.29 is 9.13 Å². The first kappa shape index (κ1) is 12.5. The quantitative estimate of drug-likeness (QED) is 0.571. The predicted octanol–water partition coefficient (Wildman–Crippen LogP) is 0.316. The molecule has 0 amide bonds. The Morgan fingerprint density at radius 3 is 1.19 bits per heavy atom. The van der Waals surface area contributed by atoms with E-state index in [1.807, 2.05) is 53.0 Å². The number of hydrogen-bond acceptors (Lipinski definition) is 0. The van der Waals surface area contributed by atoms with E-state index in [2.05, 4.69) is 32.1 Å². The van der Waals surface area contributed by atoms with Crippen LogP contribution in [0.5, 0.6) is 0 Å². The Morgan fingerprint density at radius 2 is 1.12 bits per heavy atom. The minimum atomic E-state index is 1.27. The third-order valence-electron chi connectivity index (χ3n) is 3.07. The maximum absolute atomic E-state index is 2.08. The lowest BCUT2D eigenvalue weighted by atomic mass is 10.7. The predicted molar refractivity (Wildman–Crippen MR) is 62.7 cm³/mol. The van der Waals surface area contributed by atoms with Gasteiger partial charge in [-0.2, -0.15) is 0 Å². The molecule has 4 nitrogen and oxygen atoms in total. The van der Waals surface area contributed by atoms with Gasteiger partial charge in [0.1, 0.15) is 24.8 Å². The minimum absolute atomic E-state index is 1.27. The highest BCUT2D eigenvalue weighted by Gasteiger charge is 2.01. The van der Waals surface area contributed by atoms with Crippen LogP contribution >= 0.6 is 0 Å². The summed E-state index contributed by atoms with van der Waals surface area (Å²) in [5.74, 6) is 2.54. The molecule has 0 spiro atoms. The molecule has 16 heavy (non-hydrogen) atoms. The molecule has 0 aliphatic carbocycles. The number of hydrogen-bond donors (Lipinski definition) is 0. The van der Waals surface area contributed by atoms with Crippen molar-refractivity contribution in [2.24, 2.45) is 28.2 Å². The van der Waals surface area contributed by atoms with Gasteiger partial charge >= 0.3 is 0 Å². The summed E-state index contributed by atoms with van der Waals surface area (Å²) >= 11 is 0. The average Bonchev–Trinajstić information content (AvgIpc) is 2.70. The van der Waals surface area contributed by atoms with E-state index in [9.17, 15) is 0 Å². The maximum atomic E-state index is 2.08. The van der Waals surface area contributed by atoms with Gasteiger partial charge in [0.15, 0.2) is 0 Å². The van der Waals surface area contributed by atoms with Gasteiger partial charge in [0.2, 0.25) is 0 Å². The molecule has 88 valence electrons. The summed E-state index contributed by atoms with van der Waals surface area (Å²) in [6.07, 6.45) is 8.15. The van der Waals surface area contributed by atoms with Crippen LogP contribution in [0.3, 0.4) is 0 Å². The second kappa shape index (κ2) is 4.96. The Kier molecular flexibility index (Phi) is 3.88. The van der Waals surface area contributed by atoms with E-state index < -0.39 is 0 Å². The Bertz CT molecular complexity index is 382. The minimum Gasteiger partial charge on any atom is -0.237 e. The third-order valence-corrected chi connectivity index (χ3v) is 3.07. The first-order chi connectivity index (χ1) is 7.43. The van der Waals surface area contributed by atoms with Crippen molar-refractivity contribution in [1.82, 2.24) is 9.13 Å². The second-order valence-corrected chi connectivity index (χ2v) is 4.13. The molecule has 0 saturated heterocycles. The first-order valence-electron chi connectivity index (χ1n) is 5.38. The Hall–Kier alpha value is -1.58. The molecule has 2 rings (SSSR count). The number of nitrogens with zero attached hydrogens (tertiary/aromatic N) is 4. The fourth-order valence-corrected chi connectivity index (χ4v) is 1.33. The zero-order chi connectivity index (χ0) is 12.3. The van der Waals surface area contributed by atoms with Crippen LogP contribution in [0.2, 0.25) is 0 Å². The summed E-state index contributed by atoms with van der Waals surface area (Å²) in [6, 6.07) is 0. The van der Waals surface area contributed by atoms with Gasteiger partial charge in [-0.15, -0.1) is 0 Å². The molecule has 0 saturated carbocycles. The SMILES string of the molecule is Cc1n(C)cc[n+]1C.Cc1n(C)cc[n+]1C. The highest BCUT2D eigenvalue weighted by atomic mass is 15.1. The molecule has 2 aromatic heterocycles. The molecule has 0 N–H and O–H groups in total. The molecule has 0 bridgehead atoms. The van der Waals surface area contributed by atoms with Crippen LogP contribution in [0.15, 0.2) is 24.8 Å². The summed E-state index contributed by atoms with van der Waals surface area (Å²) in [6.45, 7) is 4.17. The molecule has 0 radical (unpaired) electrons. The topological polar surface area (TPSA) is 17.6 Å². The van der Waals surface area contributed by atoms with Gasteiger partial charge in [0, 0.05) is 13.8 Å². The zero-order valence-electron chi connectivity index (χ0n) is 11.1. The van der Waals surface area contributed by atoms with Crippen LogP contribution in [0.25, 0.3) is 0 Å². The molecule has 0 atom stereocenters. The van der Waals surface area contributed by atoms with E-state index in [1.54, 1.807) is 0 Å². The smallest absolute Gasteiger partial charge is 0.237 e. The largest absolute Gasteiger partial charge is 0.252 e. The number of aromatic nitrogens is 4. The van der Waals surface area contributed by atoms with Crippen LogP contribution in [0.1, 0.15) is 11.6 Å². The van der Waals surface area contributed by atoms with E-state index in [-0.39, 0.29) is 0 Å². The fourth-order valence-electron chi connectivity index (χ4n) is 1.33. The lowest BCUT2D eigenvalue weighted by molar-refractivity contribution is -0.677. The van der Waals surface area contributed by atoms with Crippen LogP contribution in [-0.2, 0) is 28.2 Å². The van der Waals surface area contributed by atoms with Gasteiger partial charge < -0.3 is 0 Å². The molecule has 4 heteroatoms. The summed E-state index contributed by atoms with van der Waals surface area (Å²) in [5, 5.41) is 0. The standard InChI is InChI=1S/2C6H11N2/c2*1-6-7(2)4-5-8(6)3/h2*4-5H,1-3H3/q2*+1. The van der Waals surface area contributed by atoms with Gasteiger partial charge in [-0.25, -0.2) is 18.3 Å². The molecule has 2 aromatic rings.